The normalized spacial score (nSPS) is 12.1. The maximum atomic E-state index is 11.9. The second-order valence-electron chi connectivity index (χ2n) is 6.30. The third-order valence-corrected chi connectivity index (χ3v) is 4.24. The predicted molar refractivity (Wildman–Crippen MR) is 107 cm³/mol. The first-order valence-corrected chi connectivity index (χ1v) is 9.18. The molecule has 1 amide bonds. The van der Waals surface area contributed by atoms with Crippen LogP contribution in [0.3, 0.4) is 0 Å². The van der Waals surface area contributed by atoms with Gasteiger partial charge in [0.2, 0.25) is 0 Å². The van der Waals surface area contributed by atoms with Crippen LogP contribution in [0.15, 0.2) is 36.4 Å². The Morgan fingerprint density at radius 3 is 2.71 bits per heavy atom. The van der Waals surface area contributed by atoms with Gasteiger partial charge in [0.1, 0.15) is 5.15 Å². The molecule has 0 aliphatic carbocycles. The number of nitrogens with one attached hydrogen (secondary N) is 1. The standard InChI is InChI=1S/C20H24ClN3O4/c1-14(12-27-3)22-18(25)13-28-19(26)10-9-17-15(2)23-24(20(17)21)11-16-7-5-4-6-8-16/h4-10,14H,11-13H2,1-3H3,(H,22,25). The van der Waals surface area contributed by atoms with Gasteiger partial charge in [-0.1, -0.05) is 41.9 Å². The van der Waals surface area contributed by atoms with Crippen LogP contribution in [0, 0.1) is 6.92 Å². The summed E-state index contributed by atoms with van der Waals surface area (Å²) in [5, 5.41) is 7.50. The highest BCUT2D eigenvalue weighted by molar-refractivity contribution is 6.31. The number of aryl methyl sites for hydroxylation is 1. The molecule has 0 aliphatic rings. The first kappa shape index (κ1) is 21.7. The zero-order chi connectivity index (χ0) is 20.5. The third-order valence-electron chi connectivity index (χ3n) is 3.84. The van der Waals surface area contributed by atoms with Crippen LogP contribution in [-0.4, -0.2) is 48.0 Å². The lowest BCUT2D eigenvalue weighted by atomic mass is 10.2. The van der Waals surface area contributed by atoms with Crippen LogP contribution in [-0.2, 0) is 25.6 Å². The second kappa shape index (κ2) is 10.6. The monoisotopic (exact) mass is 405 g/mol. The molecule has 1 heterocycles. The zero-order valence-electron chi connectivity index (χ0n) is 16.1. The molecule has 0 radical (unpaired) electrons. The summed E-state index contributed by atoms with van der Waals surface area (Å²) in [7, 11) is 1.54. The lowest BCUT2D eigenvalue weighted by Gasteiger charge is -2.12. The van der Waals surface area contributed by atoms with Crippen molar-refractivity contribution in [3.05, 3.63) is 58.4 Å². The summed E-state index contributed by atoms with van der Waals surface area (Å²) in [4.78, 5) is 23.6. The number of benzene rings is 1. The summed E-state index contributed by atoms with van der Waals surface area (Å²) in [6.07, 6.45) is 2.77. The zero-order valence-corrected chi connectivity index (χ0v) is 16.9. The highest BCUT2D eigenvalue weighted by Gasteiger charge is 2.13. The van der Waals surface area contributed by atoms with Crippen molar-refractivity contribution >= 4 is 29.6 Å². The van der Waals surface area contributed by atoms with Crippen LogP contribution in [0.2, 0.25) is 5.15 Å². The lowest BCUT2D eigenvalue weighted by molar-refractivity contribution is -0.144. The van der Waals surface area contributed by atoms with Crippen LogP contribution in [0.25, 0.3) is 6.08 Å². The van der Waals surface area contributed by atoms with E-state index < -0.39 is 11.9 Å². The second-order valence-corrected chi connectivity index (χ2v) is 6.66. The van der Waals surface area contributed by atoms with Crippen molar-refractivity contribution < 1.29 is 19.1 Å². The molecule has 2 rings (SSSR count). The lowest BCUT2D eigenvalue weighted by Crippen LogP contribution is -2.38. The Hall–Kier alpha value is -2.64. The number of methoxy groups -OCH3 is 1. The van der Waals surface area contributed by atoms with Crippen molar-refractivity contribution in [1.29, 1.82) is 0 Å². The molecule has 28 heavy (non-hydrogen) atoms. The molecule has 0 spiro atoms. The molecule has 0 fully saturated rings. The number of aromatic nitrogens is 2. The molecule has 1 N–H and O–H groups in total. The van der Waals surface area contributed by atoms with E-state index >= 15 is 0 Å². The first-order chi connectivity index (χ1) is 13.4. The van der Waals surface area contributed by atoms with E-state index in [9.17, 15) is 9.59 Å². The molecule has 0 saturated heterocycles. The molecule has 1 aromatic carbocycles. The Kier molecular flexibility index (Phi) is 8.22. The quantitative estimate of drug-likeness (QED) is 0.512. The maximum Gasteiger partial charge on any atom is 0.331 e. The average Bonchev–Trinajstić information content (AvgIpc) is 2.92. The minimum absolute atomic E-state index is 0.163. The minimum Gasteiger partial charge on any atom is -0.452 e. The number of esters is 1. The number of amides is 1. The average molecular weight is 406 g/mol. The fraction of sp³-hybridized carbons (Fsp3) is 0.350. The van der Waals surface area contributed by atoms with E-state index in [1.54, 1.807) is 24.8 Å². The molecular weight excluding hydrogens is 382 g/mol. The van der Waals surface area contributed by atoms with Gasteiger partial charge in [-0.2, -0.15) is 5.10 Å². The molecule has 1 aromatic heterocycles. The van der Waals surface area contributed by atoms with Crippen molar-refractivity contribution in [3.8, 4) is 0 Å². The Bertz CT molecular complexity index is 833. The van der Waals surface area contributed by atoms with Crippen molar-refractivity contribution in [1.82, 2.24) is 15.1 Å². The SMILES string of the molecule is COCC(C)NC(=O)COC(=O)C=Cc1c(C)nn(Cc2ccccc2)c1Cl. The molecule has 8 heteroatoms. The van der Waals surface area contributed by atoms with Gasteiger partial charge in [-0.3, -0.25) is 4.79 Å². The predicted octanol–water partition coefficient (Wildman–Crippen LogP) is 2.60. The number of halogens is 1. The topological polar surface area (TPSA) is 82.4 Å². The number of ether oxygens (including phenoxy) is 2. The van der Waals surface area contributed by atoms with Gasteiger partial charge in [-0.05, 0) is 25.5 Å². The van der Waals surface area contributed by atoms with E-state index in [-0.39, 0.29) is 12.6 Å². The molecule has 1 unspecified atom stereocenters. The smallest absolute Gasteiger partial charge is 0.331 e. The van der Waals surface area contributed by atoms with Gasteiger partial charge in [0.15, 0.2) is 6.61 Å². The highest BCUT2D eigenvalue weighted by Crippen LogP contribution is 2.22. The Labute approximate surface area is 169 Å². The summed E-state index contributed by atoms with van der Waals surface area (Å²) < 4.78 is 11.5. The summed E-state index contributed by atoms with van der Waals surface area (Å²) in [5.41, 5.74) is 2.39. The third kappa shape index (κ3) is 6.51. The van der Waals surface area contributed by atoms with Crippen LogP contribution >= 0.6 is 11.6 Å². The fourth-order valence-electron chi connectivity index (χ4n) is 2.56. The van der Waals surface area contributed by atoms with Crippen LogP contribution in [0.4, 0.5) is 0 Å². The largest absolute Gasteiger partial charge is 0.452 e. The number of carbonyl (C=O) groups is 2. The summed E-state index contributed by atoms with van der Waals surface area (Å²) in [6.45, 7) is 4.14. The molecular formula is C20H24ClN3O4. The van der Waals surface area contributed by atoms with Crippen LogP contribution in [0.1, 0.15) is 23.7 Å². The highest BCUT2D eigenvalue weighted by atomic mass is 35.5. The van der Waals surface area contributed by atoms with Gasteiger partial charge >= 0.3 is 5.97 Å². The van der Waals surface area contributed by atoms with Crippen molar-refractivity contribution in [2.45, 2.75) is 26.4 Å². The molecule has 1 atom stereocenters. The first-order valence-electron chi connectivity index (χ1n) is 8.80. The van der Waals surface area contributed by atoms with Crippen molar-refractivity contribution in [3.63, 3.8) is 0 Å². The number of nitrogens with zero attached hydrogens (tertiary/aromatic N) is 2. The van der Waals surface area contributed by atoms with Crippen LogP contribution < -0.4 is 5.32 Å². The van der Waals surface area contributed by atoms with E-state index in [2.05, 4.69) is 10.4 Å². The van der Waals surface area contributed by atoms with E-state index in [4.69, 9.17) is 21.1 Å². The summed E-state index contributed by atoms with van der Waals surface area (Å²) in [5.74, 6) is -1.03. The summed E-state index contributed by atoms with van der Waals surface area (Å²) >= 11 is 6.40. The van der Waals surface area contributed by atoms with Crippen LogP contribution in [0.5, 0.6) is 0 Å². The van der Waals surface area contributed by atoms with E-state index in [1.165, 1.54) is 6.08 Å². The minimum atomic E-state index is -0.638. The maximum absolute atomic E-state index is 11.9. The van der Waals surface area contributed by atoms with E-state index in [1.807, 2.05) is 37.3 Å². The molecule has 150 valence electrons. The van der Waals surface area contributed by atoms with Crippen molar-refractivity contribution in [2.75, 3.05) is 20.3 Å². The van der Waals surface area contributed by atoms with Gasteiger partial charge < -0.3 is 14.8 Å². The summed E-state index contributed by atoms with van der Waals surface area (Å²) in [6, 6.07) is 9.64. The Balaban J connectivity index is 1.92. The van der Waals surface area contributed by atoms with Crippen molar-refractivity contribution in [2.24, 2.45) is 0 Å². The van der Waals surface area contributed by atoms with Gasteiger partial charge in [0, 0.05) is 24.8 Å². The number of rotatable bonds is 9. The Morgan fingerprint density at radius 1 is 1.32 bits per heavy atom. The fourth-order valence-corrected chi connectivity index (χ4v) is 2.86. The van der Waals surface area contributed by atoms with E-state index in [0.29, 0.717) is 29.6 Å². The van der Waals surface area contributed by atoms with Gasteiger partial charge in [-0.25, -0.2) is 9.48 Å². The molecule has 0 aliphatic heterocycles. The molecule has 0 saturated carbocycles. The number of carbonyl (C=O) groups excluding carboxylic acids is 2. The molecule has 2 aromatic rings. The van der Waals surface area contributed by atoms with Gasteiger partial charge in [-0.15, -0.1) is 0 Å². The van der Waals surface area contributed by atoms with Gasteiger partial charge in [0.05, 0.1) is 18.8 Å². The van der Waals surface area contributed by atoms with E-state index in [0.717, 1.165) is 5.56 Å². The van der Waals surface area contributed by atoms with Gasteiger partial charge in [0.25, 0.3) is 5.91 Å². The molecule has 0 bridgehead atoms. The number of hydrogen-bond acceptors (Lipinski definition) is 5. The number of hydrogen-bond donors (Lipinski definition) is 1. The Morgan fingerprint density at radius 2 is 2.04 bits per heavy atom. The molecule has 7 nitrogen and oxygen atoms in total.